The molecule has 4 rings (SSSR count). The maximum Gasteiger partial charge on any atom is 0.291 e. The molecule has 1 fully saturated rings. The molecule has 1 saturated heterocycles. The zero-order valence-electron chi connectivity index (χ0n) is 18.4. The van der Waals surface area contributed by atoms with Crippen molar-refractivity contribution in [3.05, 3.63) is 70.6 Å². The van der Waals surface area contributed by atoms with Gasteiger partial charge in [0.1, 0.15) is 11.6 Å². The number of nitrogens with one attached hydrogen (secondary N) is 2. The van der Waals surface area contributed by atoms with Crippen molar-refractivity contribution in [3.63, 3.8) is 0 Å². The van der Waals surface area contributed by atoms with Gasteiger partial charge in [0.15, 0.2) is 0 Å². The second-order valence-electron chi connectivity index (χ2n) is 8.57. The molecule has 0 bridgehead atoms. The minimum atomic E-state index is -1.11. The zero-order chi connectivity index (χ0) is 23.0. The summed E-state index contributed by atoms with van der Waals surface area (Å²) < 4.78 is 1.74. The molecule has 0 radical (unpaired) electrons. The number of pyridine rings is 1. The van der Waals surface area contributed by atoms with Gasteiger partial charge in [0.25, 0.3) is 11.6 Å². The first-order chi connectivity index (χ1) is 15.3. The molecule has 3 aromatic rings. The Bertz CT molecular complexity index is 1190. The van der Waals surface area contributed by atoms with Gasteiger partial charge in [-0.1, -0.05) is 29.8 Å². The summed E-state index contributed by atoms with van der Waals surface area (Å²) in [6.07, 6.45) is 2.51. The number of likely N-dealkylation sites (tertiary alicyclic amines) is 1. The highest BCUT2D eigenvalue weighted by molar-refractivity contribution is 6.43. The molecule has 1 aromatic carbocycles. The number of ketones is 2. The lowest BCUT2D eigenvalue weighted by Gasteiger charge is -2.27. The van der Waals surface area contributed by atoms with Crippen LogP contribution >= 0.6 is 11.6 Å². The van der Waals surface area contributed by atoms with Crippen LogP contribution in [-0.4, -0.2) is 54.5 Å². The number of rotatable bonds is 7. The summed E-state index contributed by atoms with van der Waals surface area (Å²) in [6.45, 7) is 3.06. The second kappa shape index (κ2) is 8.84. The third kappa shape index (κ3) is 3.94. The molecule has 0 aliphatic carbocycles. The van der Waals surface area contributed by atoms with Crippen molar-refractivity contribution in [1.29, 1.82) is 0 Å². The summed E-state index contributed by atoms with van der Waals surface area (Å²) in [4.78, 5) is 46.0. The van der Waals surface area contributed by atoms with Gasteiger partial charge in [-0.15, -0.1) is 0 Å². The molecule has 7 nitrogen and oxygen atoms in total. The van der Waals surface area contributed by atoms with Crippen molar-refractivity contribution in [2.75, 3.05) is 27.2 Å². The lowest BCUT2D eigenvalue weighted by Crippen LogP contribution is -3.05. The molecule has 8 heteroatoms. The normalized spacial score (nSPS) is 18.8. The molecule has 1 amide bonds. The van der Waals surface area contributed by atoms with Crippen LogP contribution in [0.15, 0.2) is 48.7 Å². The quantitative estimate of drug-likeness (QED) is 0.244. The molecular weight excluding hydrogens is 428 g/mol. The van der Waals surface area contributed by atoms with E-state index in [1.807, 2.05) is 32.3 Å². The molecule has 2 aromatic heterocycles. The number of hydrogen-bond donors (Lipinski definition) is 2. The van der Waals surface area contributed by atoms with Crippen molar-refractivity contribution in [1.82, 2.24) is 9.88 Å². The maximum atomic E-state index is 13.8. The van der Waals surface area contributed by atoms with Crippen LogP contribution in [0.3, 0.4) is 0 Å². The van der Waals surface area contributed by atoms with Crippen LogP contribution in [0.1, 0.15) is 34.2 Å². The Morgan fingerprint density at radius 2 is 1.88 bits per heavy atom. The van der Waals surface area contributed by atoms with E-state index >= 15 is 0 Å². The molecule has 0 spiro atoms. The minimum Gasteiger partial charge on any atom is -0.340 e. The number of Topliss-reactive ketones (excluding diaryl/α,β-unsaturated/α-hetero) is 2. The first kappa shape index (κ1) is 22.2. The summed E-state index contributed by atoms with van der Waals surface area (Å²) in [7, 11) is 4.08. The molecule has 0 saturated carbocycles. The maximum absolute atomic E-state index is 13.8. The van der Waals surface area contributed by atoms with E-state index in [1.54, 1.807) is 46.7 Å². The SMILES string of the molecule is Cc1[nH]c2cccc[n+]2c1C(=O)C1C(=O)C(=O)N(CCC[NH+](C)C)C1c1ccc(Cl)cc1. The standard InChI is InChI=1S/C24H25ClN4O3/c1-15-20(28-13-5-4-7-18(28)26-15)22(30)19-21(16-8-10-17(25)11-9-16)29(24(32)23(19)31)14-6-12-27(2)3/h4-5,7-11,13,19,21H,6,12,14H2,1-3H3/p+2. The number of H-pyrrole nitrogens is 1. The zero-order valence-corrected chi connectivity index (χ0v) is 19.1. The van der Waals surface area contributed by atoms with Crippen LogP contribution in [0.4, 0.5) is 0 Å². The number of carbonyl (C=O) groups is 3. The first-order valence-corrected chi connectivity index (χ1v) is 11.1. The number of quaternary nitrogens is 1. The largest absolute Gasteiger partial charge is 0.340 e. The fourth-order valence-electron chi connectivity index (χ4n) is 4.49. The van der Waals surface area contributed by atoms with Gasteiger partial charge in [0.2, 0.25) is 17.3 Å². The molecule has 2 unspecified atom stereocenters. The van der Waals surface area contributed by atoms with E-state index in [1.165, 1.54) is 4.90 Å². The topological polar surface area (TPSA) is 78.8 Å². The number of carbonyl (C=O) groups excluding carboxylic acids is 3. The number of amides is 1. The van der Waals surface area contributed by atoms with Crippen molar-refractivity contribution in [2.24, 2.45) is 5.92 Å². The van der Waals surface area contributed by atoms with Crippen molar-refractivity contribution in [2.45, 2.75) is 19.4 Å². The second-order valence-corrected chi connectivity index (χ2v) is 9.00. The number of aromatic nitrogens is 2. The lowest BCUT2D eigenvalue weighted by atomic mass is 9.87. The highest BCUT2D eigenvalue weighted by Crippen LogP contribution is 2.38. The Hall–Kier alpha value is -3.03. The van der Waals surface area contributed by atoms with Crippen LogP contribution < -0.4 is 9.30 Å². The van der Waals surface area contributed by atoms with Gasteiger partial charge < -0.3 is 9.80 Å². The highest BCUT2D eigenvalue weighted by Gasteiger charge is 2.53. The van der Waals surface area contributed by atoms with Gasteiger partial charge in [-0.2, -0.15) is 4.40 Å². The van der Waals surface area contributed by atoms with Crippen LogP contribution in [0, 0.1) is 12.8 Å². The van der Waals surface area contributed by atoms with E-state index in [-0.39, 0.29) is 5.78 Å². The van der Waals surface area contributed by atoms with Crippen LogP contribution in [0.25, 0.3) is 5.65 Å². The Morgan fingerprint density at radius 3 is 2.56 bits per heavy atom. The molecule has 3 heterocycles. The van der Waals surface area contributed by atoms with Crippen LogP contribution in [0.5, 0.6) is 0 Å². The van der Waals surface area contributed by atoms with Gasteiger partial charge >= 0.3 is 0 Å². The monoisotopic (exact) mass is 454 g/mol. The third-order valence-corrected chi connectivity index (χ3v) is 6.23. The molecule has 2 N–H and O–H groups in total. The van der Waals surface area contributed by atoms with Gasteiger partial charge in [-0.3, -0.25) is 14.4 Å². The Kier molecular flexibility index (Phi) is 6.13. The number of nitrogens with zero attached hydrogens (tertiary/aromatic N) is 2. The van der Waals surface area contributed by atoms with E-state index in [0.717, 1.165) is 24.2 Å². The lowest BCUT2D eigenvalue weighted by molar-refractivity contribution is -0.858. The summed E-state index contributed by atoms with van der Waals surface area (Å²) in [5, 5.41) is 0.554. The van der Waals surface area contributed by atoms with Crippen molar-refractivity contribution >= 4 is 34.7 Å². The minimum absolute atomic E-state index is 0.357. The fourth-order valence-corrected chi connectivity index (χ4v) is 4.61. The van der Waals surface area contributed by atoms with Crippen molar-refractivity contribution in [3.8, 4) is 0 Å². The summed E-state index contributed by atoms with van der Waals surface area (Å²) in [6, 6.07) is 11.9. The van der Waals surface area contributed by atoms with Gasteiger partial charge in [0, 0.05) is 31.0 Å². The molecule has 1 aliphatic rings. The molecule has 2 atom stereocenters. The molecule has 32 heavy (non-hydrogen) atoms. The smallest absolute Gasteiger partial charge is 0.291 e. The Balaban J connectivity index is 1.78. The Labute approximate surface area is 191 Å². The summed E-state index contributed by atoms with van der Waals surface area (Å²) in [5.74, 6) is -2.72. The summed E-state index contributed by atoms with van der Waals surface area (Å²) >= 11 is 6.07. The van der Waals surface area contributed by atoms with Crippen molar-refractivity contribution < 1.29 is 23.7 Å². The fraction of sp³-hybridized carbons (Fsp3) is 0.333. The van der Waals surface area contributed by atoms with E-state index in [2.05, 4.69) is 4.98 Å². The van der Waals surface area contributed by atoms with Crippen LogP contribution in [0.2, 0.25) is 5.02 Å². The van der Waals surface area contributed by atoms with Gasteiger partial charge in [-0.05, 0) is 23.8 Å². The average molecular weight is 455 g/mol. The number of halogens is 1. The average Bonchev–Trinajstić information content (AvgIpc) is 3.22. The number of hydrogen-bond acceptors (Lipinski definition) is 3. The number of benzene rings is 1. The third-order valence-electron chi connectivity index (χ3n) is 5.98. The Morgan fingerprint density at radius 1 is 1.16 bits per heavy atom. The first-order valence-electron chi connectivity index (χ1n) is 10.7. The number of aromatic amines is 1. The number of fused-ring (bicyclic) bond motifs is 1. The van der Waals surface area contributed by atoms with E-state index in [4.69, 9.17) is 11.6 Å². The van der Waals surface area contributed by atoms with Gasteiger partial charge in [0.05, 0.1) is 32.9 Å². The predicted molar refractivity (Wildman–Crippen MR) is 120 cm³/mol. The molecule has 1 aliphatic heterocycles. The van der Waals surface area contributed by atoms with E-state index < -0.39 is 23.7 Å². The number of imidazole rings is 1. The van der Waals surface area contributed by atoms with E-state index in [9.17, 15) is 14.4 Å². The van der Waals surface area contributed by atoms with Gasteiger partial charge in [-0.25, -0.2) is 4.98 Å². The van der Waals surface area contributed by atoms with Crippen LogP contribution in [-0.2, 0) is 9.59 Å². The number of aryl methyl sites for hydroxylation is 1. The molecule has 166 valence electrons. The highest BCUT2D eigenvalue weighted by atomic mass is 35.5. The van der Waals surface area contributed by atoms with E-state index in [0.29, 0.717) is 23.0 Å². The predicted octanol–water partition coefficient (Wildman–Crippen LogP) is 1.20. The summed E-state index contributed by atoms with van der Waals surface area (Å²) in [5.41, 5.74) is 2.53. The molecular formula is C24H27ClN4O3+2.